The summed E-state index contributed by atoms with van der Waals surface area (Å²) >= 11 is 1.61. The third-order valence-electron chi connectivity index (χ3n) is 1.84. The summed E-state index contributed by atoms with van der Waals surface area (Å²) in [6, 6.07) is 0. The SMILES string of the molecule is CCOc1ncc(CNCCN(C)C)s1. The minimum Gasteiger partial charge on any atom is -0.470 e. The monoisotopic (exact) mass is 229 g/mol. The predicted octanol–water partition coefficient (Wildman–Crippen LogP) is 1.19. The van der Waals surface area contributed by atoms with Crippen LogP contribution in [0, 0.1) is 0 Å². The van der Waals surface area contributed by atoms with E-state index in [4.69, 9.17) is 4.74 Å². The Morgan fingerprint density at radius 3 is 3.00 bits per heavy atom. The Morgan fingerprint density at radius 2 is 2.33 bits per heavy atom. The van der Waals surface area contributed by atoms with E-state index in [1.165, 1.54) is 4.88 Å². The summed E-state index contributed by atoms with van der Waals surface area (Å²) in [5, 5.41) is 4.13. The van der Waals surface area contributed by atoms with Crippen LogP contribution in [0.5, 0.6) is 5.19 Å². The number of likely N-dealkylation sites (N-methyl/N-ethyl adjacent to an activating group) is 1. The van der Waals surface area contributed by atoms with Gasteiger partial charge in [-0.05, 0) is 21.0 Å². The molecule has 1 rings (SSSR count). The summed E-state index contributed by atoms with van der Waals surface area (Å²) in [5.41, 5.74) is 0. The van der Waals surface area contributed by atoms with Gasteiger partial charge in [-0.1, -0.05) is 11.3 Å². The van der Waals surface area contributed by atoms with Crippen LogP contribution in [-0.2, 0) is 6.54 Å². The minimum absolute atomic E-state index is 0.682. The number of hydrogen-bond donors (Lipinski definition) is 1. The Morgan fingerprint density at radius 1 is 1.53 bits per heavy atom. The van der Waals surface area contributed by atoms with Crippen LogP contribution in [-0.4, -0.2) is 43.7 Å². The third kappa shape index (κ3) is 5.11. The van der Waals surface area contributed by atoms with Crippen molar-refractivity contribution < 1.29 is 4.74 Å². The molecule has 4 nitrogen and oxygen atoms in total. The van der Waals surface area contributed by atoms with Gasteiger partial charge in [0.1, 0.15) is 0 Å². The van der Waals surface area contributed by atoms with E-state index in [1.807, 2.05) is 13.1 Å². The topological polar surface area (TPSA) is 37.4 Å². The summed E-state index contributed by atoms with van der Waals surface area (Å²) in [4.78, 5) is 7.54. The highest BCUT2D eigenvalue weighted by atomic mass is 32.1. The number of thiazole rings is 1. The average Bonchev–Trinajstić information content (AvgIpc) is 2.61. The van der Waals surface area contributed by atoms with Crippen LogP contribution in [0.15, 0.2) is 6.20 Å². The molecule has 0 aliphatic rings. The largest absolute Gasteiger partial charge is 0.470 e. The molecule has 0 amide bonds. The molecule has 0 bridgehead atoms. The quantitative estimate of drug-likeness (QED) is 0.713. The number of rotatable bonds is 7. The second-order valence-corrected chi connectivity index (χ2v) is 4.58. The van der Waals surface area contributed by atoms with E-state index in [1.54, 1.807) is 11.3 Å². The van der Waals surface area contributed by atoms with Crippen molar-refractivity contribution in [2.45, 2.75) is 13.5 Å². The van der Waals surface area contributed by atoms with Gasteiger partial charge in [-0.2, -0.15) is 0 Å². The Hall–Kier alpha value is -0.650. The number of hydrogen-bond acceptors (Lipinski definition) is 5. The lowest BCUT2D eigenvalue weighted by Gasteiger charge is -2.09. The molecule has 0 saturated heterocycles. The molecule has 1 heterocycles. The zero-order chi connectivity index (χ0) is 11.1. The summed E-state index contributed by atoms with van der Waals surface area (Å²) in [7, 11) is 4.14. The second-order valence-electron chi connectivity index (χ2n) is 3.51. The molecule has 5 heteroatoms. The molecule has 0 aliphatic carbocycles. The molecule has 86 valence electrons. The first kappa shape index (κ1) is 12.4. The van der Waals surface area contributed by atoms with E-state index in [9.17, 15) is 0 Å². The maximum absolute atomic E-state index is 5.30. The lowest BCUT2D eigenvalue weighted by Crippen LogP contribution is -2.25. The lowest BCUT2D eigenvalue weighted by molar-refractivity contribution is 0.338. The van der Waals surface area contributed by atoms with Gasteiger partial charge in [0.05, 0.1) is 6.61 Å². The van der Waals surface area contributed by atoms with Crippen molar-refractivity contribution in [3.05, 3.63) is 11.1 Å². The van der Waals surface area contributed by atoms with Crippen LogP contribution in [0.3, 0.4) is 0 Å². The van der Waals surface area contributed by atoms with Gasteiger partial charge >= 0.3 is 0 Å². The van der Waals surface area contributed by atoms with Crippen molar-refractivity contribution in [3.63, 3.8) is 0 Å². The van der Waals surface area contributed by atoms with Crippen LogP contribution >= 0.6 is 11.3 Å². The lowest BCUT2D eigenvalue weighted by atomic mass is 10.5. The van der Waals surface area contributed by atoms with Crippen molar-refractivity contribution in [3.8, 4) is 5.19 Å². The van der Waals surface area contributed by atoms with Gasteiger partial charge in [-0.3, -0.25) is 0 Å². The van der Waals surface area contributed by atoms with Crippen molar-refractivity contribution in [2.75, 3.05) is 33.8 Å². The molecule has 0 fully saturated rings. The van der Waals surface area contributed by atoms with Gasteiger partial charge in [0.25, 0.3) is 5.19 Å². The highest BCUT2D eigenvalue weighted by Crippen LogP contribution is 2.19. The Labute approximate surface area is 95.3 Å². The van der Waals surface area contributed by atoms with Crippen molar-refractivity contribution in [1.29, 1.82) is 0 Å². The van der Waals surface area contributed by atoms with E-state index >= 15 is 0 Å². The van der Waals surface area contributed by atoms with E-state index in [0.29, 0.717) is 6.61 Å². The fourth-order valence-electron chi connectivity index (χ4n) is 1.08. The number of ether oxygens (including phenoxy) is 1. The summed E-state index contributed by atoms with van der Waals surface area (Å²) in [5.74, 6) is 0. The van der Waals surface area contributed by atoms with Crippen LogP contribution in [0.1, 0.15) is 11.8 Å². The van der Waals surface area contributed by atoms with Crippen molar-refractivity contribution in [1.82, 2.24) is 15.2 Å². The molecule has 0 radical (unpaired) electrons. The molecule has 15 heavy (non-hydrogen) atoms. The Kier molecular flexibility index (Phi) is 5.60. The maximum Gasteiger partial charge on any atom is 0.273 e. The molecule has 0 atom stereocenters. The average molecular weight is 229 g/mol. The molecule has 0 aliphatic heterocycles. The minimum atomic E-state index is 0.682. The molecule has 1 aromatic rings. The molecule has 1 N–H and O–H groups in total. The van der Waals surface area contributed by atoms with Gasteiger partial charge in [-0.15, -0.1) is 0 Å². The zero-order valence-electron chi connectivity index (χ0n) is 9.62. The standard InChI is InChI=1S/C10H19N3OS/c1-4-14-10-12-8-9(15-10)7-11-5-6-13(2)3/h8,11H,4-7H2,1-3H3. The molecule has 0 spiro atoms. The van der Waals surface area contributed by atoms with Crippen molar-refractivity contribution >= 4 is 11.3 Å². The van der Waals surface area contributed by atoms with Crippen LogP contribution in [0.25, 0.3) is 0 Å². The summed E-state index contributed by atoms with van der Waals surface area (Å²) in [6.07, 6.45) is 1.87. The second kappa shape index (κ2) is 6.76. The first-order valence-electron chi connectivity index (χ1n) is 5.15. The molecule has 0 unspecified atom stereocenters. The van der Waals surface area contributed by atoms with Gasteiger partial charge in [-0.25, -0.2) is 4.98 Å². The van der Waals surface area contributed by atoms with Gasteiger partial charge in [0, 0.05) is 30.7 Å². The van der Waals surface area contributed by atoms with E-state index in [0.717, 1.165) is 24.8 Å². The molecule has 0 aromatic carbocycles. The highest BCUT2D eigenvalue weighted by Gasteiger charge is 2.01. The van der Waals surface area contributed by atoms with Crippen LogP contribution < -0.4 is 10.1 Å². The Bertz CT molecular complexity index is 275. The van der Waals surface area contributed by atoms with E-state index in [2.05, 4.69) is 29.3 Å². The van der Waals surface area contributed by atoms with Crippen LogP contribution in [0.4, 0.5) is 0 Å². The summed E-state index contributed by atoms with van der Waals surface area (Å²) in [6.45, 7) is 5.57. The van der Waals surface area contributed by atoms with Gasteiger partial charge in [0.2, 0.25) is 0 Å². The van der Waals surface area contributed by atoms with Gasteiger partial charge in [0.15, 0.2) is 0 Å². The van der Waals surface area contributed by atoms with Crippen LogP contribution in [0.2, 0.25) is 0 Å². The molecular weight excluding hydrogens is 210 g/mol. The molecule has 0 saturated carbocycles. The highest BCUT2D eigenvalue weighted by molar-refractivity contribution is 7.13. The predicted molar refractivity (Wildman–Crippen MR) is 63.5 cm³/mol. The van der Waals surface area contributed by atoms with E-state index < -0.39 is 0 Å². The molecular formula is C10H19N3OS. The smallest absolute Gasteiger partial charge is 0.273 e. The normalized spacial score (nSPS) is 10.9. The number of aromatic nitrogens is 1. The van der Waals surface area contributed by atoms with Gasteiger partial charge < -0.3 is 15.0 Å². The maximum atomic E-state index is 5.30. The zero-order valence-corrected chi connectivity index (χ0v) is 10.4. The number of nitrogens with one attached hydrogen (secondary N) is 1. The fourth-order valence-corrected chi connectivity index (χ4v) is 1.86. The van der Waals surface area contributed by atoms with Crippen molar-refractivity contribution in [2.24, 2.45) is 0 Å². The summed E-state index contributed by atoms with van der Waals surface area (Å²) < 4.78 is 5.30. The Balaban J connectivity index is 2.19. The fraction of sp³-hybridized carbons (Fsp3) is 0.700. The number of nitrogens with zero attached hydrogens (tertiary/aromatic N) is 2. The third-order valence-corrected chi connectivity index (χ3v) is 2.75. The van der Waals surface area contributed by atoms with E-state index in [-0.39, 0.29) is 0 Å². The molecule has 1 aromatic heterocycles. The first-order valence-corrected chi connectivity index (χ1v) is 5.97. The first-order chi connectivity index (χ1) is 7.22.